The molecule has 0 radical (unpaired) electrons. The van der Waals surface area contributed by atoms with Crippen LogP contribution in [0.2, 0.25) is 0 Å². The monoisotopic (exact) mass is 474 g/mol. The van der Waals surface area contributed by atoms with E-state index in [1.807, 2.05) is 17.0 Å². The SMILES string of the molecule is CC1COCCN1Cc1ccc(Nc2nccc(-c3cnc(N4CCC(F)C4)c(C#N)c3)n2)cn1. The number of rotatable bonds is 6. The van der Waals surface area contributed by atoms with Crippen molar-refractivity contribution in [3.63, 3.8) is 0 Å². The molecule has 0 saturated carbocycles. The molecule has 2 unspecified atom stereocenters. The summed E-state index contributed by atoms with van der Waals surface area (Å²) in [7, 11) is 0. The van der Waals surface area contributed by atoms with Gasteiger partial charge in [-0.25, -0.2) is 19.3 Å². The Morgan fingerprint density at radius 1 is 1.20 bits per heavy atom. The van der Waals surface area contributed by atoms with Crippen LogP contribution in [0.25, 0.3) is 11.3 Å². The second kappa shape index (κ2) is 10.3. The number of halogens is 1. The summed E-state index contributed by atoms with van der Waals surface area (Å²) in [6.45, 7) is 6.17. The van der Waals surface area contributed by atoms with E-state index in [-0.39, 0.29) is 6.54 Å². The maximum Gasteiger partial charge on any atom is 0.227 e. The second-order valence-electron chi connectivity index (χ2n) is 8.86. The highest BCUT2D eigenvalue weighted by Gasteiger charge is 2.25. The molecule has 0 aliphatic carbocycles. The van der Waals surface area contributed by atoms with Gasteiger partial charge in [0.25, 0.3) is 0 Å². The van der Waals surface area contributed by atoms with E-state index in [9.17, 15) is 9.65 Å². The molecule has 5 rings (SSSR count). The molecule has 2 saturated heterocycles. The smallest absolute Gasteiger partial charge is 0.227 e. The summed E-state index contributed by atoms with van der Waals surface area (Å²) >= 11 is 0. The first-order chi connectivity index (χ1) is 17.1. The Kier molecular flexibility index (Phi) is 6.79. The summed E-state index contributed by atoms with van der Waals surface area (Å²) in [6, 6.07) is 10.0. The number of nitrogens with one attached hydrogen (secondary N) is 1. The Bertz CT molecular complexity index is 1210. The number of morpholine rings is 1. The molecule has 1 N–H and O–H groups in total. The summed E-state index contributed by atoms with van der Waals surface area (Å²) in [5.41, 5.74) is 3.50. The predicted molar refractivity (Wildman–Crippen MR) is 130 cm³/mol. The highest BCUT2D eigenvalue weighted by atomic mass is 19.1. The number of pyridine rings is 2. The molecule has 9 nitrogen and oxygen atoms in total. The zero-order valence-electron chi connectivity index (χ0n) is 19.6. The molecule has 5 heterocycles. The van der Waals surface area contributed by atoms with Gasteiger partial charge in [0, 0.05) is 43.6 Å². The third-order valence-corrected chi connectivity index (χ3v) is 6.32. The van der Waals surface area contributed by atoms with E-state index in [2.05, 4.69) is 43.1 Å². The van der Waals surface area contributed by atoms with Gasteiger partial charge < -0.3 is 15.0 Å². The van der Waals surface area contributed by atoms with Crippen LogP contribution in [-0.4, -0.2) is 69.9 Å². The van der Waals surface area contributed by atoms with Crippen LogP contribution in [0.4, 0.5) is 21.8 Å². The van der Waals surface area contributed by atoms with Crippen molar-refractivity contribution in [1.82, 2.24) is 24.8 Å². The third kappa shape index (κ3) is 5.37. The molecule has 2 aliphatic heterocycles. The molecule has 3 aromatic heterocycles. The van der Waals surface area contributed by atoms with Crippen LogP contribution in [0, 0.1) is 11.3 Å². The number of hydrogen-bond donors (Lipinski definition) is 1. The van der Waals surface area contributed by atoms with Gasteiger partial charge in [0.15, 0.2) is 0 Å². The lowest BCUT2D eigenvalue weighted by molar-refractivity contribution is -0.00490. The van der Waals surface area contributed by atoms with Gasteiger partial charge in [-0.15, -0.1) is 0 Å². The zero-order chi connectivity index (χ0) is 24.2. The zero-order valence-corrected chi connectivity index (χ0v) is 19.6. The maximum atomic E-state index is 13.6. The number of nitrogens with zero attached hydrogens (tertiary/aromatic N) is 7. The van der Waals surface area contributed by atoms with Gasteiger partial charge in [-0.1, -0.05) is 0 Å². The minimum Gasteiger partial charge on any atom is -0.379 e. The number of hydrogen-bond acceptors (Lipinski definition) is 9. The molecular formula is C25H27FN8O. The summed E-state index contributed by atoms with van der Waals surface area (Å²) in [4.78, 5) is 22.1. The number of alkyl halides is 1. The lowest BCUT2D eigenvalue weighted by Crippen LogP contribution is -2.43. The van der Waals surface area contributed by atoms with Gasteiger partial charge in [0.1, 0.15) is 18.1 Å². The maximum absolute atomic E-state index is 13.6. The molecule has 0 spiro atoms. The third-order valence-electron chi connectivity index (χ3n) is 6.32. The topological polar surface area (TPSA) is 103 Å². The molecule has 2 atom stereocenters. The van der Waals surface area contributed by atoms with Crippen LogP contribution >= 0.6 is 0 Å². The first-order valence-electron chi connectivity index (χ1n) is 11.8. The van der Waals surface area contributed by atoms with E-state index < -0.39 is 6.17 Å². The lowest BCUT2D eigenvalue weighted by atomic mass is 10.1. The van der Waals surface area contributed by atoms with Crippen molar-refractivity contribution in [2.45, 2.75) is 32.1 Å². The van der Waals surface area contributed by atoms with Crippen molar-refractivity contribution < 1.29 is 9.13 Å². The summed E-state index contributed by atoms with van der Waals surface area (Å²) in [5, 5.41) is 12.8. The van der Waals surface area contributed by atoms with Gasteiger partial charge in [0.2, 0.25) is 5.95 Å². The minimum absolute atomic E-state index is 0.265. The molecular weight excluding hydrogens is 447 g/mol. The van der Waals surface area contributed by atoms with Crippen molar-refractivity contribution in [3.05, 3.63) is 54.1 Å². The van der Waals surface area contributed by atoms with Crippen LogP contribution in [0.1, 0.15) is 24.6 Å². The standard InChI is InChI=1S/C25H27FN8O/c1-17-16-35-9-8-33(17)15-22-3-2-21(13-29-22)31-25-28-6-4-23(32-25)19-10-18(11-27)24(30-12-19)34-7-5-20(26)14-34/h2-4,6,10,12-13,17,20H,5,7-9,14-16H2,1H3,(H,28,31,32). The largest absolute Gasteiger partial charge is 0.379 e. The Hall–Kier alpha value is -3.68. The number of ether oxygens (including phenoxy) is 1. The first-order valence-corrected chi connectivity index (χ1v) is 11.8. The van der Waals surface area contributed by atoms with Crippen LogP contribution in [0.5, 0.6) is 0 Å². The normalized spacial score (nSPS) is 20.5. The molecule has 180 valence electrons. The molecule has 35 heavy (non-hydrogen) atoms. The molecule has 3 aromatic rings. The quantitative estimate of drug-likeness (QED) is 0.576. The van der Waals surface area contributed by atoms with E-state index in [1.165, 1.54) is 0 Å². The van der Waals surface area contributed by atoms with Crippen molar-refractivity contribution in [3.8, 4) is 17.3 Å². The fourth-order valence-electron chi connectivity index (χ4n) is 4.35. The fraction of sp³-hybridized carbons (Fsp3) is 0.400. The van der Waals surface area contributed by atoms with Gasteiger partial charge in [-0.3, -0.25) is 9.88 Å². The van der Waals surface area contributed by atoms with Crippen molar-refractivity contribution in [2.75, 3.05) is 43.1 Å². The molecule has 0 amide bonds. The highest BCUT2D eigenvalue weighted by Crippen LogP contribution is 2.27. The Morgan fingerprint density at radius 2 is 2.11 bits per heavy atom. The molecule has 0 aromatic carbocycles. The number of aromatic nitrogens is 4. The molecule has 2 aliphatic rings. The van der Waals surface area contributed by atoms with Crippen molar-refractivity contribution in [1.29, 1.82) is 5.26 Å². The number of anilines is 3. The minimum atomic E-state index is -0.884. The van der Waals surface area contributed by atoms with E-state index in [4.69, 9.17) is 4.74 Å². The van der Waals surface area contributed by atoms with Crippen molar-refractivity contribution >= 4 is 17.5 Å². The van der Waals surface area contributed by atoms with Gasteiger partial charge >= 0.3 is 0 Å². The average molecular weight is 475 g/mol. The second-order valence-corrected chi connectivity index (χ2v) is 8.86. The number of nitriles is 1. The summed E-state index contributed by atoms with van der Waals surface area (Å²) in [5.74, 6) is 0.933. The van der Waals surface area contributed by atoms with Gasteiger partial charge in [-0.2, -0.15) is 5.26 Å². The first kappa shape index (κ1) is 23.1. The van der Waals surface area contributed by atoms with Crippen LogP contribution in [0.15, 0.2) is 42.9 Å². The Morgan fingerprint density at radius 3 is 2.86 bits per heavy atom. The predicted octanol–water partition coefficient (Wildman–Crippen LogP) is 3.32. The highest BCUT2D eigenvalue weighted by molar-refractivity contribution is 5.67. The summed E-state index contributed by atoms with van der Waals surface area (Å²) < 4.78 is 19.1. The fourth-order valence-corrected chi connectivity index (χ4v) is 4.35. The van der Waals surface area contributed by atoms with Crippen LogP contribution in [0.3, 0.4) is 0 Å². The van der Waals surface area contributed by atoms with Gasteiger partial charge in [0.05, 0.1) is 48.6 Å². The average Bonchev–Trinajstić information content (AvgIpc) is 3.32. The Labute approximate surface area is 203 Å². The molecule has 0 bridgehead atoms. The van der Waals surface area contributed by atoms with E-state index in [1.54, 1.807) is 30.7 Å². The van der Waals surface area contributed by atoms with Crippen molar-refractivity contribution in [2.24, 2.45) is 0 Å². The lowest BCUT2D eigenvalue weighted by Gasteiger charge is -2.32. The molecule has 10 heteroatoms. The molecule has 2 fully saturated rings. The van der Waals surface area contributed by atoms with E-state index in [0.717, 1.165) is 37.7 Å². The van der Waals surface area contributed by atoms with Gasteiger partial charge in [-0.05, 0) is 37.6 Å². The summed E-state index contributed by atoms with van der Waals surface area (Å²) in [6.07, 6.45) is 4.66. The van der Waals surface area contributed by atoms with Crippen LogP contribution in [-0.2, 0) is 11.3 Å². The Balaban J connectivity index is 1.28. The van der Waals surface area contributed by atoms with E-state index in [0.29, 0.717) is 47.6 Å². The van der Waals surface area contributed by atoms with E-state index >= 15 is 0 Å². The van der Waals surface area contributed by atoms with Crippen LogP contribution < -0.4 is 10.2 Å².